The van der Waals surface area contributed by atoms with Crippen LogP contribution in [0.15, 0.2) is 146 Å². The summed E-state index contributed by atoms with van der Waals surface area (Å²) in [6, 6.07) is 49.1. The van der Waals surface area contributed by atoms with Crippen molar-refractivity contribution in [3.05, 3.63) is 146 Å². The minimum absolute atomic E-state index is 0.0905. The van der Waals surface area contributed by atoms with E-state index in [9.17, 15) is 4.89 Å². The second-order valence-electron chi connectivity index (χ2n) is 10.7. The molecule has 0 bridgehead atoms. The first-order valence-corrected chi connectivity index (χ1v) is 17.8. The summed E-state index contributed by atoms with van der Waals surface area (Å²) in [4.78, 5) is 13.3. The molecule has 0 atom stereocenters. The van der Waals surface area contributed by atoms with E-state index in [1.54, 1.807) is 0 Å². The van der Waals surface area contributed by atoms with Gasteiger partial charge >= 0.3 is 0 Å². The quantitative estimate of drug-likeness (QED) is 0.228. The molecule has 0 amide bonds. The smallest absolute Gasteiger partial charge is 0.239 e. The molecule has 5 nitrogen and oxygen atoms in total. The van der Waals surface area contributed by atoms with Gasteiger partial charge in [0.15, 0.2) is 23.0 Å². The van der Waals surface area contributed by atoms with Gasteiger partial charge in [0, 0.05) is 5.56 Å². The summed E-state index contributed by atoms with van der Waals surface area (Å²) in [5, 5.41) is 5.92. The van der Waals surface area contributed by atoms with Crippen molar-refractivity contribution in [2.75, 3.05) is 13.6 Å². The molecular weight excluding hydrogens is 598 g/mol. The van der Waals surface area contributed by atoms with Gasteiger partial charge in [0.2, 0.25) is 21.1 Å². The third-order valence-electron chi connectivity index (χ3n) is 8.16. The Morgan fingerprint density at radius 1 is 0.467 bits per heavy atom. The topological polar surface area (TPSA) is 57.2 Å². The normalized spacial score (nSPS) is 13.3. The molecule has 1 N–H and O–H groups in total. The van der Waals surface area contributed by atoms with E-state index < -0.39 is 15.4 Å². The van der Waals surface area contributed by atoms with Crippen LogP contribution in [-0.2, 0) is 0 Å². The summed E-state index contributed by atoms with van der Waals surface area (Å²) in [5.74, 6) is 2.53. The first kappa shape index (κ1) is 27.9. The van der Waals surface area contributed by atoms with Crippen LogP contribution >= 0.6 is 15.4 Å². The molecule has 2 heterocycles. The van der Waals surface area contributed by atoms with E-state index in [0.29, 0.717) is 23.0 Å². The Hall–Kier alpha value is -4.66. The molecule has 0 unspecified atom stereocenters. The van der Waals surface area contributed by atoms with Gasteiger partial charge in [0.05, 0.1) is 5.56 Å². The van der Waals surface area contributed by atoms with Crippen LogP contribution in [0.4, 0.5) is 0 Å². The van der Waals surface area contributed by atoms with Gasteiger partial charge in [-0.3, -0.25) is 0 Å². The summed E-state index contributed by atoms with van der Waals surface area (Å²) in [6.07, 6.45) is 0. The Kier molecular flexibility index (Phi) is 7.24. The molecule has 8 rings (SSSR count). The second kappa shape index (κ2) is 11.7. The van der Waals surface area contributed by atoms with Crippen LogP contribution in [0.2, 0.25) is 0 Å². The summed E-state index contributed by atoms with van der Waals surface area (Å²) in [7, 11) is -4.27. The summed E-state index contributed by atoms with van der Waals surface area (Å²) < 4.78 is 24.6. The van der Waals surface area contributed by atoms with Crippen molar-refractivity contribution < 1.29 is 23.8 Å². The molecule has 0 aromatic heterocycles. The van der Waals surface area contributed by atoms with Crippen LogP contribution in [0.25, 0.3) is 11.1 Å². The zero-order valence-electron chi connectivity index (χ0n) is 24.2. The molecule has 7 heteroatoms. The fraction of sp³-hybridized carbons (Fsp3) is 0.0526. The molecule has 45 heavy (non-hydrogen) atoms. The van der Waals surface area contributed by atoms with Crippen LogP contribution in [0.1, 0.15) is 0 Å². The van der Waals surface area contributed by atoms with Crippen molar-refractivity contribution in [3.63, 3.8) is 0 Å². The van der Waals surface area contributed by atoms with E-state index in [2.05, 4.69) is 54.6 Å². The molecular formula is C38H29O5P2+. The number of benzene rings is 6. The molecule has 220 valence electrons. The molecule has 0 saturated carbocycles. The maximum Gasteiger partial charge on any atom is 0.239 e. The van der Waals surface area contributed by atoms with Gasteiger partial charge < -0.3 is 18.9 Å². The molecule has 0 fully saturated rings. The molecule has 0 saturated heterocycles. The average Bonchev–Trinajstić information content (AvgIpc) is 3.80. The van der Waals surface area contributed by atoms with Crippen LogP contribution < -0.4 is 50.8 Å². The van der Waals surface area contributed by atoms with Crippen LogP contribution in [0.5, 0.6) is 23.0 Å². The highest BCUT2D eigenvalue weighted by Crippen LogP contribution is 2.58. The highest BCUT2D eigenvalue weighted by atomic mass is 31.2. The van der Waals surface area contributed by atoms with Crippen LogP contribution in [-0.4, -0.2) is 18.5 Å². The van der Waals surface area contributed by atoms with Gasteiger partial charge in [0.25, 0.3) is 0 Å². The van der Waals surface area contributed by atoms with Gasteiger partial charge in [-0.25, -0.2) is 4.89 Å². The van der Waals surface area contributed by atoms with Crippen molar-refractivity contribution in [1.82, 2.24) is 0 Å². The lowest BCUT2D eigenvalue weighted by Gasteiger charge is -2.27. The van der Waals surface area contributed by atoms with Crippen molar-refractivity contribution >= 4 is 47.2 Å². The molecule has 6 aromatic carbocycles. The number of ether oxygens (including phenoxy) is 4. The predicted octanol–water partition coefficient (Wildman–Crippen LogP) is 5.77. The van der Waals surface area contributed by atoms with Gasteiger partial charge in [-0.05, 0) is 72.4 Å². The van der Waals surface area contributed by atoms with E-state index >= 15 is 0 Å². The lowest BCUT2D eigenvalue weighted by Crippen LogP contribution is -2.33. The molecule has 0 aliphatic carbocycles. The second-order valence-corrected chi connectivity index (χ2v) is 15.7. The van der Waals surface area contributed by atoms with E-state index in [0.717, 1.165) is 32.3 Å². The van der Waals surface area contributed by atoms with Crippen LogP contribution in [0.3, 0.4) is 0 Å². The average molecular weight is 628 g/mol. The van der Waals surface area contributed by atoms with E-state index in [-0.39, 0.29) is 13.6 Å². The minimum atomic E-state index is -3.21. The van der Waals surface area contributed by atoms with Gasteiger partial charge in [-0.1, -0.05) is 97.1 Å². The standard InChI is InChI=1S/C38H29O5P2/c39-45(29-17-9-3-10-18-29,30-19-11-4-12-20-30)34-24-22-32-38(43-26-41-32)36(34)35-33(23-21-31-37(35)42-25-40-31)44(27-13-5-1-6-14-27)28-15-7-2-8-16-28/h1-24,39H,25-26H2/q+1. The monoisotopic (exact) mass is 627 g/mol. The lowest BCUT2D eigenvalue weighted by molar-refractivity contribution is 0.173. The van der Waals surface area contributed by atoms with Crippen molar-refractivity contribution in [3.8, 4) is 34.1 Å². The fourth-order valence-corrected chi connectivity index (χ4v) is 11.5. The molecule has 2 aliphatic rings. The Bertz CT molecular complexity index is 1890. The van der Waals surface area contributed by atoms with Gasteiger partial charge in [0.1, 0.15) is 15.9 Å². The zero-order chi connectivity index (χ0) is 30.2. The Morgan fingerprint density at radius 3 is 1.42 bits per heavy atom. The van der Waals surface area contributed by atoms with Crippen molar-refractivity contribution in [2.24, 2.45) is 0 Å². The number of fused-ring (bicyclic) bond motifs is 2. The maximum atomic E-state index is 13.3. The Balaban J connectivity index is 1.49. The largest absolute Gasteiger partial charge is 0.454 e. The molecule has 0 radical (unpaired) electrons. The number of hydrogen-bond acceptors (Lipinski definition) is 5. The third-order valence-corrected chi connectivity index (χ3v) is 13.8. The van der Waals surface area contributed by atoms with Gasteiger partial charge in [-0.15, -0.1) is 0 Å². The fourth-order valence-electron chi connectivity index (χ4n) is 6.16. The van der Waals surface area contributed by atoms with E-state index in [1.807, 2.05) is 91.0 Å². The summed E-state index contributed by atoms with van der Waals surface area (Å²) in [5.41, 5.74) is 1.62. The van der Waals surface area contributed by atoms with Crippen LogP contribution in [0, 0.1) is 0 Å². The molecule has 2 aliphatic heterocycles. The summed E-state index contributed by atoms with van der Waals surface area (Å²) in [6.45, 7) is 0.200. The molecule has 0 spiro atoms. The number of hydrogen-bond donors (Lipinski definition) is 1. The predicted molar refractivity (Wildman–Crippen MR) is 184 cm³/mol. The maximum absolute atomic E-state index is 13.3. The Morgan fingerprint density at radius 2 is 0.911 bits per heavy atom. The van der Waals surface area contributed by atoms with Gasteiger partial charge in [-0.2, -0.15) is 0 Å². The highest BCUT2D eigenvalue weighted by Gasteiger charge is 2.49. The Labute approximate surface area is 263 Å². The SMILES string of the molecule is O[P+](c1ccccc1)(c1ccccc1)c1ccc2c(c1-c1c(P(c3ccccc3)c3ccccc3)ccc3c1OCO3)OCO2. The first-order valence-electron chi connectivity index (χ1n) is 14.7. The van der Waals surface area contributed by atoms with Crippen molar-refractivity contribution in [2.45, 2.75) is 0 Å². The van der Waals surface area contributed by atoms with E-state index in [1.165, 1.54) is 10.6 Å². The molecule has 6 aromatic rings. The highest BCUT2D eigenvalue weighted by molar-refractivity contribution is 7.91. The number of rotatable bonds is 7. The minimum Gasteiger partial charge on any atom is -0.454 e. The van der Waals surface area contributed by atoms with E-state index in [4.69, 9.17) is 18.9 Å². The third kappa shape index (κ3) is 4.76. The zero-order valence-corrected chi connectivity index (χ0v) is 26.0. The summed E-state index contributed by atoms with van der Waals surface area (Å²) >= 11 is 0. The first-order chi connectivity index (χ1) is 22.2. The lowest BCUT2D eigenvalue weighted by atomic mass is 10.0. The van der Waals surface area contributed by atoms with Crippen molar-refractivity contribution in [1.29, 1.82) is 0 Å².